The number of carbonyl (C=O) groups is 2. The minimum Gasteiger partial charge on any atom is -0.307 e. The number of urea groups is 1. The fourth-order valence-corrected chi connectivity index (χ4v) is 1.22. The fraction of sp³-hybridized carbons (Fsp3) is 0.333. The zero-order valence-corrected chi connectivity index (χ0v) is 11.3. The maximum absolute atomic E-state index is 11.5. The minimum atomic E-state index is -0.566. The predicted octanol–water partition coefficient (Wildman–Crippen LogP) is 2.54. The quantitative estimate of drug-likeness (QED) is 0.686. The molecule has 18 heavy (non-hydrogen) atoms. The first-order chi connectivity index (χ1) is 8.29. The Balaban J connectivity index is 2.46. The van der Waals surface area contributed by atoms with Crippen LogP contribution < -0.4 is 16.2 Å². The first-order valence-corrected chi connectivity index (χ1v) is 5.80. The normalized spacial score (nSPS) is 10.7. The molecule has 0 aromatic heterocycles. The number of carbonyl (C=O) groups excluding carboxylic acids is 2. The number of amides is 3. The van der Waals surface area contributed by atoms with Gasteiger partial charge in [-0.2, -0.15) is 0 Å². The molecule has 0 aliphatic heterocycles. The lowest BCUT2D eigenvalue weighted by Gasteiger charge is -2.18. The number of nitrogens with one attached hydrogen (secondary N) is 3. The van der Waals surface area contributed by atoms with Gasteiger partial charge >= 0.3 is 6.03 Å². The number of hydrogen-bond donors (Lipinski definition) is 3. The number of rotatable bonds is 1. The van der Waals surface area contributed by atoms with Crippen molar-refractivity contribution in [1.29, 1.82) is 0 Å². The third-order valence-electron chi connectivity index (χ3n) is 2.05. The molecule has 1 aromatic carbocycles. The molecule has 6 heteroatoms. The number of hydrogen-bond acceptors (Lipinski definition) is 2. The van der Waals surface area contributed by atoms with Crippen molar-refractivity contribution in [3.63, 3.8) is 0 Å². The Hall–Kier alpha value is -1.75. The molecule has 0 radical (unpaired) electrons. The molecule has 0 saturated carbocycles. The van der Waals surface area contributed by atoms with Crippen LogP contribution in [0.3, 0.4) is 0 Å². The largest absolute Gasteiger partial charge is 0.337 e. The van der Waals surface area contributed by atoms with Crippen molar-refractivity contribution in [1.82, 2.24) is 10.9 Å². The molecule has 0 spiro atoms. The average molecular weight is 270 g/mol. The summed E-state index contributed by atoms with van der Waals surface area (Å²) in [4.78, 5) is 23.0. The summed E-state index contributed by atoms with van der Waals surface area (Å²) in [7, 11) is 0. The molecular weight excluding hydrogens is 254 g/mol. The van der Waals surface area contributed by atoms with Crippen LogP contribution >= 0.6 is 11.6 Å². The highest BCUT2D eigenvalue weighted by molar-refractivity contribution is 6.30. The number of halogens is 1. The van der Waals surface area contributed by atoms with Crippen LogP contribution in [0.1, 0.15) is 20.8 Å². The Morgan fingerprint density at radius 3 is 2.39 bits per heavy atom. The van der Waals surface area contributed by atoms with Gasteiger partial charge in [-0.25, -0.2) is 10.2 Å². The maximum atomic E-state index is 11.5. The highest BCUT2D eigenvalue weighted by atomic mass is 35.5. The molecule has 0 saturated heterocycles. The smallest absolute Gasteiger partial charge is 0.307 e. The Labute approximate surface area is 111 Å². The van der Waals surface area contributed by atoms with E-state index in [9.17, 15) is 9.59 Å². The highest BCUT2D eigenvalue weighted by Gasteiger charge is 2.21. The predicted molar refractivity (Wildman–Crippen MR) is 71.2 cm³/mol. The summed E-state index contributed by atoms with van der Waals surface area (Å²) in [5, 5.41) is 3.06. The third-order valence-corrected chi connectivity index (χ3v) is 2.29. The Bertz CT molecular complexity index is 455. The van der Waals surface area contributed by atoms with E-state index in [0.29, 0.717) is 10.7 Å². The second-order valence-electron chi connectivity index (χ2n) is 4.79. The summed E-state index contributed by atoms with van der Waals surface area (Å²) in [5.41, 5.74) is 4.57. The van der Waals surface area contributed by atoms with Crippen LogP contribution in [0.5, 0.6) is 0 Å². The second-order valence-corrected chi connectivity index (χ2v) is 5.23. The Morgan fingerprint density at radius 2 is 1.83 bits per heavy atom. The topological polar surface area (TPSA) is 70.2 Å². The van der Waals surface area contributed by atoms with E-state index in [1.165, 1.54) is 0 Å². The van der Waals surface area contributed by atoms with Crippen LogP contribution in [-0.4, -0.2) is 11.9 Å². The molecular formula is C12H16ClN3O2. The van der Waals surface area contributed by atoms with E-state index in [2.05, 4.69) is 16.2 Å². The molecule has 98 valence electrons. The van der Waals surface area contributed by atoms with Gasteiger partial charge in [0, 0.05) is 16.1 Å². The summed E-state index contributed by atoms with van der Waals surface area (Å²) in [6, 6.07) is 6.18. The van der Waals surface area contributed by atoms with Gasteiger partial charge in [-0.1, -0.05) is 38.4 Å². The standard InChI is InChI=1S/C12H16ClN3O2/c1-12(2,3)10(17)15-16-11(18)14-9-6-4-5-8(13)7-9/h4-7H,1-3H3,(H,15,17)(H2,14,16,18). The van der Waals surface area contributed by atoms with E-state index in [1.54, 1.807) is 45.0 Å². The lowest BCUT2D eigenvalue weighted by molar-refractivity contribution is -0.129. The fourth-order valence-electron chi connectivity index (χ4n) is 1.03. The molecule has 3 amide bonds. The summed E-state index contributed by atoms with van der Waals surface area (Å²) in [6.45, 7) is 5.25. The Morgan fingerprint density at radius 1 is 1.17 bits per heavy atom. The van der Waals surface area contributed by atoms with Gasteiger partial charge in [-0.3, -0.25) is 10.2 Å². The van der Waals surface area contributed by atoms with Crippen molar-refractivity contribution in [2.45, 2.75) is 20.8 Å². The minimum absolute atomic E-state index is 0.274. The molecule has 0 aliphatic carbocycles. The van der Waals surface area contributed by atoms with Gasteiger partial charge in [-0.05, 0) is 18.2 Å². The lowest BCUT2D eigenvalue weighted by atomic mass is 9.96. The molecule has 0 bridgehead atoms. The van der Waals surface area contributed by atoms with Gasteiger partial charge < -0.3 is 5.32 Å². The highest BCUT2D eigenvalue weighted by Crippen LogP contribution is 2.14. The molecule has 1 aromatic rings. The number of anilines is 1. The van der Waals surface area contributed by atoms with Gasteiger partial charge in [0.2, 0.25) is 5.91 Å². The summed E-state index contributed by atoms with van der Waals surface area (Å²) >= 11 is 5.77. The first kappa shape index (κ1) is 14.3. The van der Waals surface area contributed by atoms with Gasteiger partial charge in [0.1, 0.15) is 0 Å². The molecule has 0 atom stereocenters. The van der Waals surface area contributed by atoms with E-state index >= 15 is 0 Å². The van der Waals surface area contributed by atoms with Gasteiger partial charge in [0.05, 0.1) is 0 Å². The van der Waals surface area contributed by atoms with Gasteiger partial charge in [0.15, 0.2) is 0 Å². The summed E-state index contributed by atoms with van der Waals surface area (Å²) in [5.74, 6) is -0.274. The van der Waals surface area contributed by atoms with Crippen molar-refractivity contribution in [3.05, 3.63) is 29.3 Å². The van der Waals surface area contributed by atoms with Crippen LogP contribution in [0, 0.1) is 5.41 Å². The van der Waals surface area contributed by atoms with Crippen molar-refractivity contribution < 1.29 is 9.59 Å². The molecule has 0 heterocycles. The average Bonchev–Trinajstić information content (AvgIpc) is 2.24. The van der Waals surface area contributed by atoms with Crippen molar-refractivity contribution in [2.75, 3.05) is 5.32 Å². The van der Waals surface area contributed by atoms with E-state index in [1.807, 2.05) is 0 Å². The summed E-state index contributed by atoms with van der Waals surface area (Å²) in [6.07, 6.45) is 0. The van der Waals surface area contributed by atoms with Crippen LogP contribution in [0.2, 0.25) is 5.02 Å². The van der Waals surface area contributed by atoms with E-state index < -0.39 is 11.4 Å². The molecule has 3 N–H and O–H groups in total. The third kappa shape index (κ3) is 4.63. The number of hydrazine groups is 1. The van der Waals surface area contributed by atoms with Crippen molar-refractivity contribution in [2.24, 2.45) is 5.41 Å². The van der Waals surface area contributed by atoms with Gasteiger partial charge in [-0.15, -0.1) is 0 Å². The lowest BCUT2D eigenvalue weighted by Crippen LogP contribution is -2.48. The Kier molecular flexibility index (Phi) is 4.55. The first-order valence-electron chi connectivity index (χ1n) is 5.42. The van der Waals surface area contributed by atoms with Crippen molar-refractivity contribution in [3.8, 4) is 0 Å². The maximum Gasteiger partial charge on any atom is 0.337 e. The molecule has 1 rings (SSSR count). The zero-order valence-electron chi connectivity index (χ0n) is 10.5. The summed E-state index contributed by atoms with van der Waals surface area (Å²) < 4.78 is 0. The monoisotopic (exact) mass is 269 g/mol. The molecule has 0 aliphatic rings. The van der Waals surface area contributed by atoms with Crippen LogP contribution in [0.15, 0.2) is 24.3 Å². The molecule has 0 unspecified atom stereocenters. The van der Waals surface area contributed by atoms with Crippen molar-refractivity contribution >= 4 is 29.2 Å². The second kappa shape index (κ2) is 5.73. The van der Waals surface area contributed by atoms with E-state index in [4.69, 9.17) is 11.6 Å². The molecule has 0 fully saturated rings. The van der Waals surface area contributed by atoms with Crippen LogP contribution in [-0.2, 0) is 4.79 Å². The number of benzene rings is 1. The SMILES string of the molecule is CC(C)(C)C(=O)NNC(=O)Nc1cccc(Cl)c1. The van der Waals surface area contributed by atoms with Crippen LogP contribution in [0.25, 0.3) is 0 Å². The van der Waals surface area contributed by atoms with E-state index in [-0.39, 0.29) is 5.91 Å². The molecule has 5 nitrogen and oxygen atoms in total. The van der Waals surface area contributed by atoms with Gasteiger partial charge in [0.25, 0.3) is 0 Å². The zero-order chi connectivity index (χ0) is 13.8. The van der Waals surface area contributed by atoms with Crippen LogP contribution in [0.4, 0.5) is 10.5 Å². The van der Waals surface area contributed by atoms with E-state index in [0.717, 1.165) is 0 Å².